The Bertz CT molecular complexity index is 536. The zero-order valence-corrected chi connectivity index (χ0v) is 11.6. The van der Waals surface area contributed by atoms with E-state index in [2.05, 4.69) is 4.98 Å². The van der Waals surface area contributed by atoms with Crippen LogP contribution < -0.4 is 0 Å². The number of thioether (sulfide) groups is 1. The predicted molar refractivity (Wildman–Crippen MR) is 69.2 cm³/mol. The van der Waals surface area contributed by atoms with Gasteiger partial charge in [0, 0.05) is 19.7 Å². The van der Waals surface area contributed by atoms with Crippen molar-refractivity contribution in [2.75, 3.05) is 5.75 Å². The van der Waals surface area contributed by atoms with E-state index in [1.165, 1.54) is 11.8 Å². The molecule has 1 aliphatic rings. The Morgan fingerprint density at radius 3 is 2.74 bits per heavy atom. The summed E-state index contributed by atoms with van der Waals surface area (Å²) in [5, 5.41) is 20.3. The van der Waals surface area contributed by atoms with Crippen LogP contribution in [0.2, 0.25) is 0 Å². The van der Waals surface area contributed by atoms with Gasteiger partial charge in [-0.1, -0.05) is 11.8 Å². The summed E-state index contributed by atoms with van der Waals surface area (Å²) in [6.07, 6.45) is 1.87. The monoisotopic (exact) mass is 285 g/mol. The van der Waals surface area contributed by atoms with Crippen LogP contribution in [-0.2, 0) is 11.8 Å². The quantitative estimate of drug-likeness (QED) is 0.487. The molecule has 0 spiro atoms. The highest BCUT2D eigenvalue weighted by molar-refractivity contribution is 7.99. The Morgan fingerprint density at radius 1 is 1.63 bits per heavy atom. The lowest BCUT2D eigenvalue weighted by Gasteiger charge is -2.11. The van der Waals surface area contributed by atoms with Crippen molar-refractivity contribution in [3.05, 3.63) is 15.9 Å². The minimum atomic E-state index is -0.811. The topological polar surface area (TPSA) is 98.3 Å². The summed E-state index contributed by atoms with van der Waals surface area (Å²) in [5.41, 5.74) is -0.192. The second kappa shape index (κ2) is 4.84. The Morgan fingerprint density at radius 2 is 2.26 bits per heavy atom. The summed E-state index contributed by atoms with van der Waals surface area (Å²) in [7, 11) is 1.73. The molecule has 19 heavy (non-hydrogen) atoms. The van der Waals surface area contributed by atoms with Gasteiger partial charge < -0.3 is 15.2 Å². The Labute approximate surface area is 114 Å². The molecule has 7 nitrogen and oxygen atoms in total. The molecule has 0 unspecified atom stereocenters. The van der Waals surface area contributed by atoms with Gasteiger partial charge in [0.2, 0.25) is 5.82 Å². The number of carbonyl (C=O) groups is 1. The lowest BCUT2D eigenvalue weighted by molar-refractivity contribution is -0.392. The van der Waals surface area contributed by atoms with Crippen LogP contribution >= 0.6 is 11.8 Å². The Hall–Kier alpha value is -1.57. The first kappa shape index (κ1) is 13.9. The fourth-order valence-corrected chi connectivity index (χ4v) is 3.35. The summed E-state index contributed by atoms with van der Waals surface area (Å²) in [4.78, 5) is 25.1. The lowest BCUT2D eigenvalue weighted by Crippen LogP contribution is -2.11. The molecule has 0 amide bonds. The molecule has 1 aromatic heterocycles. The molecule has 0 aliphatic heterocycles. The number of hydrogen-bond acceptors (Lipinski definition) is 5. The molecule has 0 radical (unpaired) electrons. The van der Waals surface area contributed by atoms with E-state index in [9.17, 15) is 14.9 Å². The van der Waals surface area contributed by atoms with Gasteiger partial charge in [-0.2, -0.15) is 0 Å². The molecule has 1 heterocycles. The average molecular weight is 285 g/mol. The van der Waals surface area contributed by atoms with E-state index in [1.807, 2.05) is 0 Å². The van der Waals surface area contributed by atoms with Gasteiger partial charge >= 0.3 is 11.8 Å². The molecule has 8 heteroatoms. The summed E-state index contributed by atoms with van der Waals surface area (Å²) in [5.74, 6) is 0.209. The normalized spacial score (nSPS) is 16.3. The maximum atomic E-state index is 10.9. The summed E-state index contributed by atoms with van der Waals surface area (Å²) >= 11 is 1.33. The van der Waals surface area contributed by atoms with Crippen molar-refractivity contribution in [2.24, 2.45) is 12.5 Å². The molecule has 104 valence electrons. The molecule has 1 N–H and O–H groups in total. The fraction of sp³-hybridized carbons (Fsp3) is 0.636. The van der Waals surface area contributed by atoms with Gasteiger partial charge in [0.1, 0.15) is 0 Å². The van der Waals surface area contributed by atoms with Crippen LogP contribution in [0.4, 0.5) is 5.82 Å². The van der Waals surface area contributed by atoms with Crippen molar-refractivity contribution < 1.29 is 14.8 Å². The largest absolute Gasteiger partial charge is 0.481 e. The summed E-state index contributed by atoms with van der Waals surface area (Å²) < 4.78 is 1.68. The van der Waals surface area contributed by atoms with Crippen LogP contribution in [0.1, 0.15) is 25.1 Å². The number of imidazole rings is 1. The van der Waals surface area contributed by atoms with E-state index in [0.29, 0.717) is 16.6 Å². The van der Waals surface area contributed by atoms with Crippen molar-refractivity contribution in [2.45, 2.75) is 31.2 Å². The molecule has 0 aromatic carbocycles. The summed E-state index contributed by atoms with van der Waals surface area (Å²) in [6.45, 7) is 1.71. The Kier molecular flexibility index (Phi) is 3.53. The maximum Gasteiger partial charge on any atom is 0.396 e. The van der Waals surface area contributed by atoms with Crippen LogP contribution in [0, 0.1) is 22.5 Å². The van der Waals surface area contributed by atoms with Gasteiger partial charge in [-0.3, -0.25) is 9.36 Å². The molecular formula is C11H15N3O4S. The van der Waals surface area contributed by atoms with Gasteiger partial charge in [0.05, 0.1) is 6.42 Å². The molecule has 1 aromatic rings. The predicted octanol–water partition coefficient (Wildman–Crippen LogP) is 1.98. The van der Waals surface area contributed by atoms with E-state index in [1.54, 1.807) is 18.5 Å². The molecular weight excluding hydrogens is 270 g/mol. The number of aliphatic carboxylic acids is 1. The minimum Gasteiger partial charge on any atom is -0.481 e. The highest BCUT2D eigenvalue weighted by atomic mass is 32.2. The highest BCUT2D eigenvalue weighted by Crippen LogP contribution is 2.52. The minimum absolute atomic E-state index is 0.130. The second-order valence-electron chi connectivity index (χ2n) is 4.96. The highest BCUT2D eigenvalue weighted by Gasteiger charge is 2.45. The van der Waals surface area contributed by atoms with Crippen LogP contribution in [-0.4, -0.2) is 31.3 Å². The molecule has 0 saturated heterocycles. The number of rotatable bonds is 6. The number of carboxylic acid groups (broad SMARTS) is 1. The first-order valence-corrected chi connectivity index (χ1v) is 6.85. The number of nitro groups is 1. The standard InChI is InChI=1S/C11H15N3O4S/c1-7-12-9(14(17)18)10(13(7)2)19-6-11(3-4-11)5-8(15)16/h3-6H2,1-2H3,(H,15,16). The third kappa shape index (κ3) is 2.89. The lowest BCUT2D eigenvalue weighted by atomic mass is 10.1. The second-order valence-corrected chi connectivity index (χ2v) is 5.93. The number of aryl methyl sites for hydroxylation is 1. The first-order valence-electron chi connectivity index (χ1n) is 5.87. The molecule has 0 atom stereocenters. The van der Waals surface area contributed by atoms with Crippen LogP contribution in [0.3, 0.4) is 0 Å². The van der Waals surface area contributed by atoms with E-state index in [0.717, 1.165) is 12.8 Å². The van der Waals surface area contributed by atoms with Crippen molar-refractivity contribution >= 4 is 23.5 Å². The third-order valence-corrected chi connectivity index (χ3v) is 4.91. The fourth-order valence-electron chi connectivity index (χ4n) is 1.94. The molecule has 0 bridgehead atoms. The number of carboxylic acids is 1. The number of hydrogen-bond donors (Lipinski definition) is 1. The average Bonchev–Trinajstić information content (AvgIpc) is 2.99. The van der Waals surface area contributed by atoms with Crippen molar-refractivity contribution in [1.82, 2.24) is 9.55 Å². The van der Waals surface area contributed by atoms with Crippen molar-refractivity contribution in [1.29, 1.82) is 0 Å². The van der Waals surface area contributed by atoms with Crippen LogP contribution in [0.5, 0.6) is 0 Å². The molecule has 2 rings (SSSR count). The van der Waals surface area contributed by atoms with Crippen LogP contribution in [0.25, 0.3) is 0 Å². The maximum absolute atomic E-state index is 10.9. The van der Waals surface area contributed by atoms with E-state index in [4.69, 9.17) is 5.11 Å². The molecule has 1 saturated carbocycles. The first-order chi connectivity index (χ1) is 8.84. The number of aromatic nitrogens is 2. The zero-order chi connectivity index (χ0) is 14.2. The van der Waals surface area contributed by atoms with Crippen molar-refractivity contribution in [3.63, 3.8) is 0 Å². The van der Waals surface area contributed by atoms with E-state index < -0.39 is 10.9 Å². The summed E-state index contributed by atoms with van der Waals surface area (Å²) in [6, 6.07) is 0. The SMILES string of the molecule is Cc1nc([N+](=O)[O-])c(SCC2(CC(=O)O)CC2)n1C. The van der Waals surface area contributed by atoms with Gasteiger partial charge in [0.15, 0.2) is 5.03 Å². The van der Waals surface area contributed by atoms with Gasteiger partial charge in [-0.05, 0) is 28.2 Å². The van der Waals surface area contributed by atoms with Gasteiger partial charge in [-0.25, -0.2) is 0 Å². The smallest absolute Gasteiger partial charge is 0.396 e. The van der Waals surface area contributed by atoms with E-state index in [-0.39, 0.29) is 17.7 Å². The van der Waals surface area contributed by atoms with Crippen molar-refractivity contribution in [3.8, 4) is 0 Å². The zero-order valence-electron chi connectivity index (χ0n) is 10.8. The van der Waals surface area contributed by atoms with Crippen LogP contribution in [0.15, 0.2) is 5.03 Å². The van der Waals surface area contributed by atoms with E-state index >= 15 is 0 Å². The number of nitrogens with zero attached hydrogens (tertiary/aromatic N) is 3. The Balaban J connectivity index is 2.12. The third-order valence-electron chi connectivity index (χ3n) is 3.42. The molecule has 1 aliphatic carbocycles. The van der Waals surface area contributed by atoms with Gasteiger partial charge in [-0.15, -0.1) is 0 Å². The van der Waals surface area contributed by atoms with Gasteiger partial charge in [0.25, 0.3) is 0 Å². The molecule has 1 fully saturated rings.